The van der Waals surface area contributed by atoms with Gasteiger partial charge in [-0.2, -0.15) is 0 Å². The van der Waals surface area contributed by atoms with E-state index in [1.54, 1.807) is 7.05 Å². The molecule has 0 amide bonds. The van der Waals surface area contributed by atoms with Gasteiger partial charge in [-0.05, 0) is 26.2 Å². The Morgan fingerprint density at radius 2 is 2.00 bits per heavy atom. The topological polar surface area (TPSA) is 41.6 Å². The number of carbonyl (C=O) groups excluding carboxylic acids is 1. The Balaban J connectivity index is 3.18. The summed E-state index contributed by atoms with van der Waals surface area (Å²) in [5.41, 5.74) is 0.0977. The molecule has 1 unspecified atom stereocenters. The van der Waals surface area contributed by atoms with Crippen LogP contribution in [0.2, 0.25) is 0 Å². The van der Waals surface area contributed by atoms with Crippen LogP contribution >= 0.6 is 0 Å². The maximum atomic E-state index is 12.2. The van der Waals surface area contributed by atoms with Crippen molar-refractivity contribution in [1.29, 1.82) is 0 Å². The van der Waals surface area contributed by atoms with Crippen LogP contribution < -0.4 is 5.32 Å². The van der Waals surface area contributed by atoms with E-state index in [0.29, 0.717) is 6.54 Å². The van der Waals surface area contributed by atoms with Gasteiger partial charge in [0.1, 0.15) is 0 Å². The molecule has 0 aromatic heterocycles. The van der Waals surface area contributed by atoms with Gasteiger partial charge in [-0.15, -0.1) is 0 Å². The van der Waals surface area contributed by atoms with E-state index in [1.807, 2.05) is 37.4 Å². The molecule has 100 valence electrons. The molecule has 0 saturated carbocycles. The average molecular weight is 250 g/mol. The van der Waals surface area contributed by atoms with Crippen LogP contribution in [-0.4, -0.2) is 45.2 Å². The number of likely N-dealkylation sites (N-methyl/N-ethyl adjacent to an activating group) is 2. The molecule has 4 nitrogen and oxygen atoms in total. The number of nitrogens with one attached hydrogen (secondary N) is 1. The van der Waals surface area contributed by atoms with E-state index in [-0.39, 0.29) is 5.97 Å². The zero-order valence-corrected chi connectivity index (χ0v) is 11.6. The van der Waals surface area contributed by atoms with E-state index >= 15 is 0 Å². The van der Waals surface area contributed by atoms with E-state index in [4.69, 9.17) is 4.74 Å². The standard InChI is InChI=1S/C14H22N2O2/c1-5-16(3)11-14(15-2,13(17)18-4)12-9-7-6-8-10-12/h6-10,15H,5,11H2,1-4H3. The van der Waals surface area contributed by atoms with Crippen LogP contribution in [0, 0.1) is 0 Å². The molecule has 0 bridgehead atoms. The third-order valence-electron chi connectivity index (χ3n) is 3.27. The zero-order valence-electron chi connectivity index (χ0n) is 11.6. The number of rotatable bonds is 6. The summed E-state index contributed by atoms with van der Waals surface area (Å²) in [5, 5.41) is 3.13. The van der Waals surface area contributed by atoms with Gasteiger partial charge in [0.15, 0.2) is 5.54 Å². The van der Waals surface area contributed by atoms with Crippen molar-refractivity contribution in [2.75, 3.05) is 34.3 Å². The molecule has 18 heavy (non-hydrogen) atoms. The molecule has 0 heterocycles. The lowest BCUT2D eigenvalue weighted by Crippen LogP contribution is -2.55. The molecule has 0 aliphatic rings. The summed E-state index contributed by atoms with van der Waals surface area (Å²) < 4.78 is 4.98. The number of ether oxygens (including phenoxy) is 1. The van der Waals surface area contributed by atoms with E-state index in [1.165, 1.54) is 7.11 Å². The molecule has 0 radical (unpaired) electrons. The van der Waals surface area contributed by atoms with E-state index < -0.39 is 5.54 Å². The monoisotopic (exact) mass is 250 g/mol. The number of hydrogen-bond acceptors (Lipinski definition) is 4. The fraction of sp³-hybridized carbons (Fsp3) is 0.500. The summed E-state index contributed by atoms with van der Waals surface area (Å²) in [5.74, 6) is -0.267. The molecular weight excluding hydrogens is 228 g/mol. The fourth-order valence-electron chi connectivity index (χ4n) is 2.01. The first-order valence-corrected chi connectivity index (χ1v) is 6.12. The minimum Gasteiger partial charge on any atom is -0.467 e. The summed E-state index contributed by atoms with van der Waals surface area (Å²) in [7, 11) is 5.19. The highest BCUT2D eigenvalue weighted by Crippen LogP contribution is 2.23. The second kappa shape index (κ2) is 6.52. The average Bonchev–Trinajstić information content (AvgIpc) is 2.44. The maximum absolute atomic E-state index is 12.2. The van der Waals surface area contributed by atoms with E-state index in [2.05, 4.69) is 17.1 Å². The lowest BCUT2D eigenvalue weighted by Gasteiger charge is -2.34. The molecule has 0 saturated heterocycles. The zero-order chi connectivity index (χ0) is 13.6. The van der Waals surface area contributed by atoms with Gasteiger partial charge < -0.3 is 15.0 Å². The molecule has 4 heteroatoms. The Morgan fingerprint density at radius 1 is 1.39 bits per heavy atom. The normalized spacial score (nSPS) is 14.3. The highest BCUT2D eigenvalue weighted by Gasteiger charge is 2.40. The van der Waals surface area contributed by atoms with Crippen LogP contribution in [0.5, 0.6) is 0 Å². The molecule has 1 N–H and O–H groups in total. The summed E-state index contributed by atoms with van der Waals surface area (Å²) >= 11 is 0. The van der Waals surface area contributed by atoms with Gasteiger partial charge in [0.2, 0.25) is 0 Å². The first-order chi connectivity index (χ1) is 8.60. The number of esters is 1. The Hall–Kier alpha value is -1.39. The predicted octanol–water partition coefficient (Wildman–Crippen LogP) is 1.23. The fourth-order valence-corrected chi connectivity index (χ4v) is 2.01. The highest BCUT2D eigenvalue weighted by molar-refractivity contribution is 5.83. The molecular formula is C14H22N2O2. The number of benzene rings is 1. The van der Waals surface area contributed by atoms with Crippen LogP contribution in [0.1, 0.15) is 12.5 Å². The molecule has 1 aromatic rings. The van der Waals surface area contributed by atoms with Crippen molar-refractivity contribution in [1.82, 2.24) is 10.2 Å². The van der Waals surface area contributed by atoms with Crippen LogP contribution in [0.25, 0.3) is 0 Å². The predicted molar refractivity (Wildman–Crippen MR) is 72.4 cm³/mol. The molecule has 0 spiro atoms. The number of hydrogen-bond donors (Lipinski definition) is 1. The van der Waals surface area contributed by atoms with Gasteiger partial charge in [0.05, 0.1) is 7.11 Å². The van der Waals surface area contributed by atoms with Crippen molar-refractivity contribution in [2.45, 2.75) is 12.5 Å². The Bertz CT molecular complexity index is 381. The molecule has 0 fully saturated rings. The van der Waals surface area contributed by atoms with Crippen LogP contribution in [0.3, 0.4) is 0 Å². The second-order valence-electron chi connectivity index (χ2n) is 4.34. The van der Waals surface area contributed by atoms with E-state index in [9.17, 15) is 4.79 Å². The molecule has 0 aliphatic heterocycles. The van der Waals surface area contributed by atoms with Gasteiger partial charge >= 0.3 is 5.97 Å². The quantitative estimate of drug-likeness (QED) is 0.771. The van der Waals surface area contributed by atoms with Crippen LogP contribution in [-0.2, 0) is 15.1 Å². The molecule has 1 atom stereocenters. The highest BCUT2D eigenvalue weighted by atomic mass is 16.5. The third-order valence-corrected chi connectivity index (χ3v) is 3.27. The lowest BCUT2D eigenvalue weighted by atomic mass is 9.89. The number of carbonyl (C=O) groups is 1. The van der Waals surface area contributed by atoms with Gasteiger partial charge in [-0.1, -0.05) is 37.3 Å². The maximum Gasteiger partial charge on any atom is 0.332 e. The first kappa shape index (κ1) is 14.7. The summed E-state index contributed by atoms with van der Waals surface area (Å²) in [4.78, 5) is 14.3. The van der Waals surface area contributed by atoms with Crippen LogP contribution in [0.4, 0.5) is 0 Å². The number of methoxy groups -OCH3 is 1. The largest absolute Gasteiger partial charge is 0.467 e. The van der Waals surface area contributed by atoms with Crippen molar-refractivity contribution in [3.63, 3.8) is 0 Å². The van der Waals surface area contributed by atoms with Gasteiger partial charge in [-0.3, -0.25) is 0 Å². The van der Waals surface area contributed by atoms with Gasteiger partial charge in [0.25, 0.3) is 0 Å². The Labute approximate surface area is 109 Å². The minimum absolute atomic E-state index is 0.267. The second-order valence-corrected chi connectivity index (χ2v) is 4.34. The SMILES string of the molecule is CCN(C)CC(NC)(C(=O)OC)c1ccccc1. The van der Waals surface area contributed by atoms with Crippen molar-refractivity contribution in [3.8, 4) is 0 Å². The van der Waals surface area contributed by atoms with Gasteiger partial charge in [0, 0.05) is 6.54 Å². The third kappa shape index (κ3) is 2.89. The molecule has 1 aromatic carbocycles. The van der Waals surface area contributed by atoms with Crippen LogP contribution in [0.15, 0.2) is 30.3 Å². The summed E-state index contributed by atoms with van der Waals surface area (Å²) in [6, 6.07) is 9.67. The summed E-state index contributed by atoms with van der Waals surface area (Å²) in [6.45, 7) is 3.49. The van der Waals surface area contributed by atoms with Crippen molar-refractivity contribution >= 4 is 5.97 Å². The number of nitrogens with zero attached hydrogens (tertiary/aromatic N) is 1. The first-order valence-electron chi connectivity index (χ1n) is 6.12. The molecule has 0 aliphatic carbocycles. The van der Waals surface area contributed by atoms with Crippen molar-refractivity contribution in [3.05, 3.63) is 35.9 Å². The summed E-state index contributed by atoms with van der Waals surface area (Å²) in [6.07, 6.45) is 0. The lowest BCUT2D eigenvalue weighted by molar-refractivity contribution is -0.149. The van der Waals surface area contributed by atoms with Crippen molar-refractivity contribution in [2.24, 2.45) is 0 Å². The Morgan fingerprint density at radius 3 is 2.44 bits per heavy atom. The minimum atomic E-state index is -0.819. The smallest absolute Gasteiger partial charge is 0.332 e. The Kier molecular flexibility index (Phi) is 5.31. The van der Waals surface area contributed by atoms with Gasteiger partial charge in [-0.25, -0.2) is 4.79 Å². The van der Waals surface area contributed by atoms with Crippen molar-refractivity contribution < 1.29 is 9.53 Å². The molecule has 1 rings (SSSR count). The van der Waals surface area contributed by atoms with E-state index in [0.717, 1.165) is 12.1 Å².